The Hall–Kier alpha value is -1.25. The van der Waals surface area contributed by atoms with Crippen LogP contribution >= 0.6 is 11.6 Å². The molecule has 1 atom stereocenters. The number of hydrogen-bond donors (Lipinski definition) is 0. The molecule has 2 nitrogen and oxygen atoms in total. The number of likely N-dealkylation sites (tertiary alicyclic amines) is 1. The van der Waals surface area contributed by atoms with Crippen LogP contribution in [0.4, 0.5) is 0 Å². The first kappa shape index (κ1) is 12.8. The molecule has 1 aromatic carbocycles. The summed E-state index contributed by atoms with van der Waals surface area (Å²) in [5, 5.41) is 0.812. The van der Waals surface area contributed by atoms with Crippen molar-refractivity contribution in [1.29, 1.82) is 0 Å². The van der Waals surface area contributed by atoms with Gasteiger partial charge in [-0.25, -0.2) is 0 Å². The molecule has 2 heterocycles. The molecule has 1 unspecified atom stereocenters. The van der Waals surface area contributed by atoms with Gasteiger partial charge in [0.15, 0.2) is 0 Å². The van der Waals surface area contributed by atoms with Gasteiger partial charge in [0.05, 0.1) is 12.8 Å². The highest BCUT2D eigenvalue weighted by Gasteiger charge is 2.21. The first-order valence-corrected chi connectivity index (χ1v) is 7.19. The lowest BCUT2D eigenvalue weighted by Crippen LogP contribution is -2.33. The minimum Gasteiger partial charge on any atom is -0.468 e. The lowest BCUT2D eigenvalue weighted by molar-refractivity contribution is 0.187. The van der Waals surface area contributed by atoms with Crippen molar-refractivity contribution in [3.8, 4) is 0 Å². The van der Waals surface area contributed by atoms with E-state index in [1.54, 1.807) is 6.26 Å². The molecular formula is C16H18ClNO. The first-order valence-electron chi connectivity index (χ1n) is 6.81. The van der Waals surface area contributed by atoms with Crippen LogP contribution in [0.2, 0.25) is 5.02 Å². The molecule has 1 fully saturated rings. The van der Waals surface area contributed by atoms with Crippen LogP contribution < -0.4 is 0 Å². The second kappa shape index (κ2) is 5.81. The molecule has 100 valence electrons. The van der Waals surface area contributed by atoms with Gasteiger partial charge in [0.2, 0.25) is 0 Å². The van der Waals surface area contributed by atoms with Crippen molar-refractivity contribution in [2.24, 2.45) is 0 Å². The van der Waals surface area contributed by atoms with Gasteiger partial charge in [-0.1, -0.05) is 23.7 Å². The number of piperidine rings is 1. The standard InChI is InChI=1S/C16H18ClNO/c17-15-7-5-13(6-8-15)14-3-1-9-18(11-14)12-16-4-2-10-19-16/h2,4-8,10,14H,1,3,9,11-12H2. The largest absolute Gasteiger partial charge is 0.468 e. The molecule has 3 heteroatoms. The van der Waals surface area contributed by atoms with Gasteiger partial charge in [-0.05, 0) is 55.1 Å². The number of nitrogens with zero attached hydrogens (tertiary/aromatic N) is 1. The van der Waals surface area contributed by atoms with E-state index in [0.29, 0.717) is 5.92 Å². The molecule has 0 amide bonds. The summed E-state index contributed by atoms with van der Waals surface area (Å²) in [6.07, 6.45) is 4.25. The van der Waals surface area contributed by atoms with Crippen molar-refractivity contribution in [3.05, 3.63) is 59.0 Å². The first-order chi connectivity index (χ1) is 9.31. The van der Waals surface area contributed by atoms with Crippen molar-refractivity contribution >= 4 is 11.6 Å². The molecule has 0 aliphatic carbocycles. The lowest BCUT2D eigenvalue weighted by atomic mass is 9.90. The smallest absolute Gasteiger partial charge is 0.117 e. The molecule has 0 N–H and O–H groups in total. The Bertz CT molecular complexity index is 506. The fraction of sp³-hybridized carbons (Fsp3) is 0.375. The zero-order chi connectivity index (χ0) is 13.1. The van der Waals surface area contributed by atoms with E-state index in [0.717, 1.165) is 30.4 Å². The van der Waals surface area contributed by atoms with Crippen molar-refractivity contribution < 1.29 is 4.42 Å². The Morgan fingerprint density at radius 3 is 2.79 bits per heavy atom. The Labute approximate surface area is 119 Å². The van der Waals surface area contributed by atoms with E-state index in [4.69, 9.17) is 16.0 Å². The van der Waals surface area contributed by atoms with E-state index in [-0.39, 0.29) is 0 Å². The van der Waals surface area contributed by atoms with Gasteiger partial charge in [-0.2, -0.15) is 0 Å². The molecule has 3 rings (SSSR count). The van der Waals surface area contributed by atoms with Crippen molar-refractivity contribution in [2.45, 2.75) is 25.3 Å². The Kier molecular flexibility index (Phi) is 3.90. The van der Waals surface area contributed by atoms with Crippen molar-refractivity contribution in [3.63, 3.8) is 0 Å². The average molecular weight is 276 g/mol. The molecule has 2 aromatic rings. The maximum atomic E-state index is 5.95. The van der Waals surface area contributed by atoms with Crippen LogP contribution in [0.25, 0.3) is 0 Å². The molecule has 0 saturated carbocycles. The van der Waals surface area contributed by atoms with E-state index in [1.165, 1.54) is 18.4 Å². The van der Waals surface area contributed by atoms with Gasteiger partial charge >= 0.3 is 0 Å². The zero-order valence-corrected chi connectivity index (χ0v) is 11.6. The lowest BCUT2D eigenvalue weighted by Gasteiger charge is -2.32. The van der Waals surface area contributed by atoms with Gasteiger partial charge in [0, 0.05) is 11.6 Å². The molecule has 19 heavy (non-hydrogen) atoms. The van der Waals surface area contributed by atoms with Gasteiger partial charge in [0.25, 0.3) is 0 Å². The van der Waals surface area contributed by atoms with Crippen LogP contribution in [0.3, 0.4) is 0 Å². The average Bonchev–Trinajstić information content (AvgIpc) is 2.93. The van der Waals surface area contributed by atoms with Crippen LogP contribution in [0.15, 0.2) is 47.1 Å². The molecule has 1 aliphatic heterocycles. The van der Waals surface area contributed by atoms with E-state index < -0.39 is 0 Å². The van der Waals surface area contributed by atoms with E-state index >= 15 is 0 Å². The van der Waals surface area contributed by atoms with Crippen LogP contribution in [-0.2, 0) is 6.54 Å². The van der Waals surface area contributed by atoms with E-state index in [2.05, 4.69) is 17.0 Å². The second-order valence-electron chi connectivity index (χ2n) is 5.21. The molecular weight excluding hydrogens is 258 g/mol. The number of halogens is 1. The predicted octanol–water partition coefficient (Wildman–Crippen LogP) is 4.31. The molecule has 1 aromatic heterocycles. The zero-order valence-electron chi connectivity index (χ0n) is 10.9. The van der Waals surface area contributed by atoms with E-state index in [9.17, 15) is 0 Å². The van der Waals surface area contributed by atoms with Crippen LogP contribution in [0.5, 0.6) is 0 Å². The fourth-order valence-corrected chi connectivity index (χ4v) is 2.96. The maximum Gasteiger partial charge on any atom is 0.117 e. The molecule has 1 aliphatic rings. The number of rotatable bonds is 3. The van der Waals surface area contributed by atoms with Crippen LogP contribution in [0.1, 0.15) is 30.1 Å². The van der Waals surface area contributed by atoms with Gasteiger partial charge in [-0.3, -0.25) is 4.90 Å². The summed E-state index contributed by atoms with van der Waals surface area (Å²) in [5.74, 6) is 1.66. The number of benzene rings is 1. The highest BCUT2D eigenvalue weighted by molar-refractivity contribution is 6.30. The molecule has 0 spiro atoms. The number of hydrogen-bond acceptors (Lipinski definition) is 2. The normalized spacial score (nSPS) is 20.6. The minimum absolute atomic E-state index is 0.612. The van der Waals surface area contributed by atoms with Crippen LogP contribution in [-0.4, -0.2) is 18.0 Å². The predicted molar refractivity (Wildman–Crippen MR) is 77.4 cm³/mol. The summed E-state index contributed by atoms with van der Waals surface area (Å²) in [6, 6.07) is 12.3. The maximum absolute atomic E-state index is 5.95. The monoisotopic (exact) mass is 275 g/mol. The molecule has 0 bridgehead atoms. The third-order valence-electron chi connectivity index (χ3n) is 3.81. The minimum atomic E-state index is 0.612. The van der Waals surface area contributed by atoms with Crippen LogP contribution in [0, 0.1) is 0 Å². The topological polar surface area (TPSA) is 16.4 Å². The second-order valence-corrected chi connectivity index (χ2v) is 5.64. The third-order valence-corrected chi connectivity index (χ3v) is 4.06. The summed E-state index contributed by atoms with van der Waals surface area (Å²) in [6.45, 7) is 3.17. The SMILES string of the molecule is Clc1ccc(C2CCCN(Cc3ccco3)C2)cc1. The summed E-state index contributed by atoms with van der Waals surface area (Å²) in [5.41, 5.74) is 1.40. The summed E-state index contributed by atoms with van der Waals surface area (Å²) < 4.78 is 5.43. The fourth-order valence-electron chi connectivity index (χ4n) is 2.83. The Balaban J connectivity index is 1.66. The Morgan fingerprint density at radius 2 is 2.05 bits per heavy atom. The van der Waals surface area contributed by atoms with Gasteiger partial charge < -0.3 is 4.42 Å². The van der Waals surface area contributed by atoms with Crippen molar-refractivity contribution in [2.75, 3.05) is 13.1 Å². The Morgan fingerprint density at radius 1 is 1.21 bits per heavy atom. The van der Waals surface area contributed by atoms with Gasteiger partial charge in [0.1, 0.15) is 5.76 Å². The quantitative estimate of drug-likeness (QED) is 0.830. The van der Waals surface area contributed by atoms with Gasteiger partial charge in [-0.15, -0.1) is 0 Å². The highest BCUT2D eigenvalue weighted by Crippen LogP contribution is 2.28. The highest BCUT2D eigenvalue weighted by atomic mass is 35.5. The summed E-state index contributed by atoms with van der Waals surface area (Å²) in [4.78, 5) is 2.47. The van der Waals surface area contributed by atoms with Crippen molar-refractivity contribution in [1.82, 2.24) is 4.90 Å². The third kappa shape index (κ3) is 3.20. The molecule has 0 radical (unpaired) electrons. The summed E-state index contributed by atoms with van der Waals surface area (Å²) >= 11 is 5.95. The summed E-state index contributed by atoms with van der Waals surface area (Å²) in [7, 11) is 0. The number of furan rings is 1. The molecule has 1 saturated heterocycles. The van der Waals surface area contributed by atoms with E-state index in [1.807, 2.05) is 24.3 Å².